The first-order valence-electron chi connectivity index (χ1n) is 6.33. The third kappa shape index (κ3) is 3.17. The lowest BCUT2D eigenvalue weighted by Gasteiger charge is -2.33. The summed E-state index contributed by atoms with van der Waals surface area (Å²) in [4.78, 5) is 7.08. The van der Waals surface area contributed by atoms with Gasteiger partial charge in [-0.05, 0) is 37.3 Å². The maximum Gasteiger partial charge on any atom is 0.129 e. The summed E-state index contributed by atoms with van der Waals surface area (Å²) < 4.78 is 0. The van der Waals surface area contributed by atoms with Crippen LogP contribution in [0.5, 0.6) is 0 Å². The summed E-state index contributed by atoms with van der Waals surface area (Å²) in [5, 5.41) is 9.02. The average Bonchev–Trinajstić information content (AvgIpc) is 2.39. The van der Waals surface area contributed by atoms with Crippen LogP contribution in [-0.4, -0.2) is 34.8 Å². The van der Waals surface area contributed by atoms with Crippen molar-refractivity contribution in [3.05, 3.63) is 23.9 Å². The molecule has 0 spiro atoms. The number of aliphatic hydroxyl groups excluding tert-OH is 1. The number of nitrogens with two attached hydrogens (primary N) is 1. The van der Waals surface area contributed by atoms with Gasteiger partial charge in [0.25, 0.3) is 0 Å². The van der Waals surface area contributed by atoms with Gasteiger partial charge in [0.15, 0.2) is 0 Å². The maximum absolute atomic E-state index is 9.02. The largest absolute Gasteiger partial charge is 0.396 e. The molecule has 2 heterocycles. The van der Waals surface area contributed by atoms with Gasteiger partial charge in [-0.3, -0.25) is 0 Å². The van der Waals surface area contributed by atoms with Crippen LogP contribution in [-0.2, 0) is 0 Å². The summed E-state index contributed by atoms with van der Waals surface area (Å²) in [5.41, 5.74) is 6.28. The lowest BCUT2D eigenvalue weighted by molar-refractivity contribution is 0.244. The highest BCUT2D eigenvalue weighted by atomic mass is 32.1. The van der Waals surface area contributed by atoms with Crippen LogP contribution >= 0.6 is 12.2 Å². The highest BCUT2D eigenvalue weighted by molar-refractivity contribution is 7.80. The third-order valence-corrected chi connectivity index (χ3v) is 3.58. The number of nitrogens with zero attached hydrogens (tertiary/aromatic N) is 2. The Labute approximate surface area is 113 Å². The van der Waals surface area contributed by atoms with E-state index in [1.807, 2.05) is 18.2 Å². The minimum Gasteiger partial charge on any atom is -0.396 e. The molecule has 1 aliphatic heterocycles. The van der Waals surface area contributed by atoms with E-state index in [2.05, 4.69) is 9.88 Å². The van der Waals surface area contributed by atoms with E-state index in [1.165, 1.54) is 6.42 Å². The van der Waals surface area contributed by atoms with Gasteiger partial charge in [-0.1, -0.05) is 18.3 Å². The molecule has 1 atom stereocenters. The number of aliphatic hydroxyl groups is 1. The highest BCUT2D eigenvalue weighted by Gasteiger charge is 2.20. The second-order valence-electron chi connectivity index (χ2n) is 4.71. The van der Waals surface area contributed by atoms with Crippen LogP contribution < -0.4 is 10.6 Å². The van der Waals surface area contributed by atoms with E-state index in [4.69, 9.17) is 23.1 Å². The Morgan fingerprint density at radius 2 is 2.39 bits per heavy atom. The first-order valence-corrected chi connectivity index (χ1v) is 6.74. The molecular formula is C13H19N3OS. The normalized spacial score (nSPS) is 19.8. The van der Waals surface area contributed by atoms with Crippen LogP contribution in [0.15, 0.2) is 18.2 Å². The topological polar surface area (TPSA) is 62.4 Å². The quantitative estimate of drug-likeness (QED) is 0.804. The minimum atomic E-state index is 0.263. The number of anilines is 1. The van der Waals surface area contributed by atoms with E-state index >= 15 is 0 Å². The fourth-order valence-corrected chi connectivity index (χ4v) is 2.54. The minimum absolute atomic E-state index is 0.263. The second kappa shape index (κ2) is 6.11. The molecule has 0 amide bonds. The summed E-state index contributed by atoms with van der Waals surface area (Å²) in [7, 11) is 0. The Morgan fingerprint density at radius 3 is 3.11 bits per heavy atom. The number of thiocarbonyl (C=S) groups is 1. The van der Waals surface area contributed by atoms with Crippen molar-refractivity contribution < 1.29 is 5.11 Å². The molecule has 0 bridgehead atoms. The predicted octanol–water partition coefficient (Wildman–Crippen LogP) is 1.31. The van der Waals surface area contributed by atoms with Crippen molar-refractivity contribution in [1.29, 1.82) is 0 Å². The van der Waals surface area contributed by atoms with Gasteiger partial charge in [-0.15, -0.1) is 0 Å². The molecule has 1 aliphatic rings. The van der Waals surface area contributed by atoms with Crippen LogP contribution in [0.4, 0.5) is 5.82 Å². The zero-order valence-electron chi connectivity index (χ0n) is 10.4. The van der Waals surface area contributed by atoms with Crippen LogP contribution in [0.2, 0.25) is 0 Å². The molecular weight excluding hydrogens is 246 g/mol. The molecule has 0 aromatic carbocycles. The van der Waals surface area contributed by atoms with Crippen molar-refractivity contribution in [2.45, 2.75) is 19.3 Å². The number of pyridine rings is 1. The van der Waals surface area contributed by atoms with E-state index in [9.17, 15) is 0 Å². The van der Waals surface area contributed by atoms with Crippen molar-refractivity contribution >= 4 is 23.0 Å². The van der Waals surface area contributed by atoms with Crippen LogP contribution in [0.3, 0.4) is 0 Å². The molecule has 3 N–H and O–H groups in total. The molecule has 4 nitrogen and oxygen atoms in total. The smallest absolute Gasteiger partial charge is 0.129 e. The fourth-order valence-electron chi connectivity index (χ4n) is 2.43. The molecule has 18 heavy (non-hydrogen) atoms. The highest BCUT2D eigenvalue weighted by Crippen LogP contribution is 2.23. The van der Waals surface area contributed by atoms with Crippen molar-refractivity contribution in [2.75, 3.05) is 24.6 Å². The van der Waals surface area contributed by atoms with E-state index in [0.717, 1.165) is 31.7 Å². The Hall–Kier alpha value is -1.20. The van der Waals surface area contributed by atoms with Crippen molar-refractivity contribution in [1.82, 2.24) is 4.98 Å². The summed E-state index contributed by atoms with van der Waals surface area (Å²) in [6.07, 6.45) is 3.20. The zero-order valence-corrected chi connectivity index (χ0v) is 11.2. The van der Waals surface area contributed by atoms with Crippen molar-refractivity contribution in [3.63, 3.8) is 0 Å². The molecule has 1 fully saturated rings. The lowest BCUT2D eigenvalue weighted by atomic mass is 9.95. The predicted molar refractivity (Wildman–Crippen MR) is 76.8 cm³/mol. The van der Waals surface area contributed by atoms with Gasteiger partial charge in [0.1, 0.15) is 10.8 Å². The van der Waals surface area contributed by atoms with E-state index in [0.29, 0.717) is 16.6 Å². The molecule has 1 aromatic rings. The first-order chi connectivity index (χ1) is 8.70. The van der Waals surface area contributed by atoms with Gasteiger partial charge >= 0.3 is 0 Å². The SMILES string of the molecule is NC(=S)c1cccc(N2CCCC(CCO)C2)n1. The Morgan fingerprint density at radius 1 is 1.56 bits per heavy atom. The molecule has 0 radical (unpaired) electrons. The van der Waals surface area contributed by atoms with Crippen molar-refractivity contribution in [3.8, 4) is 0 Å². The molecule has 1 saturated heterocycles. The van der Waals surface area contributed by atoms with Gasteiger partial charge in [-0.2, -0.15) is 0 Å². The maximum atomic E-state index is 9.02. The van der Waals surface area contributed by atoms with E-state index in [1.54, 1.807) is 0 Å². The molecule has 0 aliphatic carbocycles. The molecule has 98 valence electrons. The van der Waals surface area contributed by atoms with Gasteiger partial charge in [-0.25, -0.2) is 4.98 Å². The number of piperidine rings is 1. The van der Waals surface area contributed by atoms with Crippen LogP contribution in [0.1, 0.15) is 25.0 Å². The molecule has 2 rings (SSSR count). The molecule has 0 saturated carbocycles. The van der Waals surface area contributed by atoms with Gasteiger partial charge < -0.3 is 15.7 Å². The monoisotopic (exact) mass is 265 g/mol. The van der Waals surface area contributed by atoms with Crippen LogP contribution in [0, 0.1) is 5.92 Å². The standard InChI is InChI=1S/C13H19N3OS/c14-13(18)11-4-1-5-12(15-11)16-7-2-3-10(9-16)6-8-17/h1,4-5,10,17H,2-3,6-9H2,(H2,14,18). The average molecular weight is 265 g/mol. The zero-order chi connectivity index (χ0) is 13.0. The Balaban J connectivity index is 2.10. The molecule has 1 aromatic heterocycles. The van der Waals surface area contributed by atoms with Gasteiger partial charge in [0, 0.05) is 19.7 Å². The summed E-state index contributed by atoms with van der Waals surface area (Å²) in [6, 6.07) is 5.76. The number of aromatic nitrogens is 1. The van der Waals surface area contributed by atoms with E-state index in [-0.39, 0.29) is 6.61 Å². The summed E-state index contributed by atoms with van der Waals surface area (Å²) in [5.74, 6) is 1.49. The number of rotatable bonds is 4. The van der Waals surface area contributed by atoms with Crippen molar-refractivity contribution in [2.24, 2.45) is 11.7 Å². The van der Waals surface area contributed by atoms with Gasteiger partial charge in [0.05, 0.1) is 5.69 Å². The van der Waals surface area contributed by atoms with Gasteiger partial charge in [0.2, 0.25) is 0 Å². The molecule has 5 heteroatoms. The first kappa shape index (κ1) is 13.2. The summed E-state index contributed by atoms with van der Waals surface area (Å²) >= 11 is 4.95. The second-order valence-corrected chi connectivity index (χ2v) is 5.15. The third-order valence-electron chi connectivity index (χ3n) is 3.37. The van der Waals surface area contributed by atoms with Crippen LogP contribution in [0.25, 0.3) is 0 Å². The van der Waals surface area contributed by atoms with E-state index < -0.39 is 0 Å². The number of hydrogen-bond donors (Lipinski definition) is 2. The summed E-state index contributed by atoms with van der Waals surface area (Å²) in [6.45, 7) is 2.23. The number of hydrogen-bond acceptors (Lipinski definition) is 4. The molecule has 1 unspecified atom stereocenters. The fraction of sp³-hybridized carbons (Fsp3) is 0.538. The Kier molecular flexibility index (Phi) is 4.49. The lowest BCUT2D eigenvalue weighted by Crippen LogP contribution is -2.36. The Bertz CT molecular complexity index is 422.